The van der Waals surface area contributed by atoms with Crippen molar-refractivity contribution in [2.24, 2.45) is 5.92 Å². The highest BCUT2D eigenvalue weighted by molar-refractivity contribution is 9.10. The molecule has 0 aromatic heterocycles. The maximum Gasteiger partial charge on any atom is 0.253 e. The van der Waals surface area contributed by atoms with E-state index in [2.05, 4.69) is 15.9 Å². The predicted octanol–water partition coefficient (Wildman–Crippen LogP) is 3.87. The topological polar surface area (TPSA) is 40.5 Å². The van der Waals surface area contributed by atoms with Crippen LogP contribution in [0.1, 0.15) is 42.5 Å². The number of amides is 1. The Kier molecular flexibility index (Phi) is 4.30. The van der Waals surface area contributed by atoms with Crippen LogP contribution in [0.2, 0.25) is 5.02 Å². The van der Waals surface area contributed by atoms with Crippen LogP contribution >= 0.6 is 27.5 Å². The standard InChI is InChI=1S/C16H19BrClNO2/c17-13-7-11(8-14(18)9-13)15(20)19-6-5-16(21)4-2-1-3-12(16)10-19/h7-9,12,21H,1-6,10H2. The van der Waals surface area contributed by atoms with Gasteiger partial charge in [0.25, 0.3) is 5.91 Å². The molecule has 2 unspecified atom stereocenters. The lowest BCUT2D eigenvalue weighted by atomic mass is 9.71. The van der Waals surface area contributed by atoms with Gasteiger partial charge in [0.15, 0.2) is 0 Å². The number of nitrogens with zero attached hydrogens (tertiary/aromatic N) is 1. The smallest absolute Gasteiger partial charge is 0.253 e. The Labute approximate surface area is 138 Å². The molecule has 1 saturated carbocycles. The van der Waals surface area contributed by atoms with Crippen LogP contribution in [0.5, 0.6) is 0 Å². The normalized spacial score (nSPS) is 29.1. The molecule has 1 N–H and O–H groups in total. The molecule has 21 heavy (non-hydrogen) atoms. The molecule has 3 nitrogen and oxygen atoms in total. The van der Waals surface area contributed by atoms with E-state index in [1.807, 2.05) is 4.90 Å². The van der Waals surface area contributed by atoms with Gasteiger partial charge in [-0.05, 0) is 37.5 Å². The van der Waals surface area contributed by atoms with Gasteiger partial charge in [-0.2, -0.15) is 0 Å². The summed E-state index contributed by atoms with van der Waals surface area (Å²) in [7, 11) is 0. The Hall–Kier alpha value is -0.580. The number of hydrogen-bond donors (Lipinski definition) is 1. The fraction of sp³-hybridized carbons (Fsp3) is 0.562. The summed E-state index contributed by atoms with van der Waals surface area (Å²) in [5.74, 6) is 0.220. The summed E-state index contributed by atoms with van der Waals surface area (Å²) in [6.45, 7) is 1.27. The van der Waals surface area contributed by atoms with Crippen molar-refractivity contribution in [2.45, 2.75) is 37.7 Å². The number of fused-ring (bicyclic) bond motifs is 1. The van der Waals surface area contributed by atoms with Crippen LogP contribution in [0.15, 0.2) is 22.7 Å². The van der Waals surface area contributed by atoms with Crippen molar-refractivity contribution in [1.82, 2.24) is 4.90 Å². The second-order valence-corrected chi connectivity index (χ2v) is 7.56. The van der Waals surface area contributed by atoms with Crippen molar-refractivity contribution < 1.29 is 9.90 Å². The molecule has 1 aliphatic heterocycles. The van der Waals surface area contributed by atoms with E-state index in [-0.39, 0.29) is 11.8 Å². The van der Waals surface area contributed by atoms with Crippen molar-refractivity contribution in [3.63, 3.8) is 0 Å². The molecule has 2 fully saturated rings. The zero-order chi connectivity index (χ0) is 15.0. The van der Waals surface area contributed by atoms with E-state index in [1.165, 1.54) is 0 Å². The molecule has 0 bridgehead atoms. The summed E-state index contributed by atoms with van der Waals surface area (Å²) < 4.78 is 0.810. The zero-order valence-electron chi connectivity index (χ0n) is 11.8. The molecule has 0 radical (unpaired) electrons. The second kappa shape index (κ2) is 5.90. The molecule has 3 rings (SSSR count). The average Bonchev–Trinajstić information content (AvgIpc) is 2.44. The van der Waals surface area contributed by atoms with Crippen LogP contribution in [0.3, 0.4) is 0 Å². The Morgan fingerprint density at radius 1 is 1.33 bits per heavy atom. The van der Waals surface area contributed by atoms with Gasteiger partial charge in [-0.25, -0.2) is 0 Å². The maximum absolute atomic E-state index is 12.6. The minimum Gasteiger partial charge on any atom is -0.389 e. The molecule has 0 spiro atoms. The van der Waals surface area contributed by atoms with Crippen molar-refractivity contribution >= 4 is 33.4 Å². The van der Waals surface area contributed by atoms with Crippen molar-refractivity contribution in [2.75, 3.05) is 13.1 Å². The van der Waals surface area contributed by atoms with Gasteiger partial charge < -0.3 is 10.0 Å². The van der Waals surface area contributed by atoms with Crippen LogP contribution < -0.4 is 0 Å². The number of benzene rings is 1. The molecule has 1 aromatic carbocycles. The molecule has 1 saturated heterocycles. The van der Waals surface area contributed by atoms with E-state index in [0.717, 1.165) is 30.2 Å². The van der Waals surface area contributed by atoms with E-state index in [0.29, 0.717) is 30.1 Å². The summed E-state index contributed by atoms with van der Waals surface area (Å²) in [5, 5.41) is 11.2. The van der Waals surface area contributed by atoms with E-state index >= 15 is 0 Å². The lowest BCUT2D eigenvalue weighted by Crippen LogP contribution is -2.54. The van der Waals surface area contributed by atoms with Crippen LogP contribution in [0, 0.1) is 5.92 Å². The Bertz CT molecular complexity index is 545. The summed E-state index contributed by atoms with van der Waals surface area (Å²) in [5.41, 5.74) is 0.0554. The summed E-state index contributed by atoms with van der Waals surface area (Å²) in [6, 6.07) is 5.28. The number of carbonyl (C=O) groups excluding carboxylic acids is 1. The highest BCUT2D eigenvalue weighted by Crippen LogP contribution is 2.40. The predicted molar refractivity (Wildman–Crippen MR) is 86.6 cm³/mol. The van der Waals surface area contributed by atoms with Gasteiger partial charge in [-0.1, -0.05) is 40.4 Å². The molecular formula is C16H19BrClNO2. The first-order valence-corrected chi connectivity index (χ1v) is 8.63. The number of hydrogen-bond acceptors (Lipinski definition) is 2. The van der Waals surface area contributed by atoms with E-state index < -0.39 is 5.60 Å². The fourth-order valence-corrected chi connectivity index (χ4v) is 4.48. The zero-order valence-corrected chi connectivity index (χ0v) is 14.2. The SMILES string of the molecule is O=C(c1cc(Cl)cc(Br)c1)N1CCC2(O)CCCCC2C1. The molecule has 1 amide bonds. The van der Waals surface area contributed by atoms with Crippen LogP contribution in [0.4, 0.5) is 0 Å². The monoisotopic (exact) mass is 371 g/mol. The van der Waals surface area contributed by atoms with Crippen LogP contribution in [0.25, 0.3) is 0 Å². The first kappa shape index (κ1) is 15.3. The van der Waals surface area contributed by atoms with Gasteiger partial charge in [0.05, 0.1) is 5.60 Å². The number of rotatable bonds is 1. The largest absolute Gasteiger partial charge is 0.389 e. The fourth-order valence-electron chi connectivity index (χ4n) is 3.62. The molecular weight excluding hydrogens is 354 g/mol. The molecule has 2 aliphatic rings. The van der Waals surface area contributed by atoms with Gasteiger partial charge in [0.1, 0.15) is 0 Å². The number of carbonyl (C=O) groups is 1. The molecule has 1 heterocycles. The van der Waals surface area contributed by atoms with Gasteiger partial charge in [0.2, 0.25) is 0 Å². The van der Waals surface area contributed by atoms with Crippen molar-refractivity contribution in [3.8, 4) is 0 Å². The van der Waals surface area contributed by atoms with Gasteiger partial charge >= 0.3 is 0 Å². The number of likely N-dealkylation sites (tertiary alicyclic amines) is 1. The minimum atomic E-state index is -0.552. The summed E-state index contributed by atoms with van der Waals surface area (Å²) in [4.78, 5) is 14.5. The maximum atomic E-state index is 12.6. The number of piperidine rings is 1. The Balaban J connectivity index is 1.77. The average molecular weight is 373 g/mol. The lowest BCUT2D eigenvalue weighted by molar-refractivity contribution is -0.0886. The van der Waals surface area contributed by atoms with Crippen LogP contribution in [-0.4, -0.2) is 34.6 Å². The molecule has 114 valence electrons. The first-order valence-electron chi connectivity index (χ1n) is 7.46. The highest BCUT2D eigenvalue weighted by atomic mass is 79.9. The molecule has 1 aromatic rings. The van der Waals surface area contributed by atoms with Crippen LogP contribution in [-0.2, 0) is 0 Å². The van der Waals surface area contributed by atoms with E-state index in [9.17, 15) is 9.90 Å². The lowest BCUT2D eigenvalue weighted by Gasteiger charge is -2.47. The quantitative estimate of drug-likeness (QED) is 0.813. The Morgan fingerprint density at radius 2 is 2.14 bits per heavy atom. The van der Waals surface area contributed by atoms with Gasteiger partial charge in [-0.3, -0.25) is 4.79 Å². The van der Waals surface area contributed by atoms with E-state index in [4.69, 9.17) is 11.6 Å². The van der Waals surface area contributed by atoms with Gasteiger partial charge in [-0.15, -0.1) is 0 Å². The third-order valence-electron chi connectivity index (χ3n) is 4.82. The first-order chi connectivity index (χ1) is 9.98. The Morgan fingerprint density at radius 3 is 2.90 bits per heavy atom. The molecule has 5 heteroatoms. The number of aliphatic hydroxyl groups is 1. The third-order valence-corrected chi connectivity index (χ3v) is 5.50. The van der Waals surface area contributed by atoms with Crippen molar-refractivity contribution in [3.05, 3.63) is 33.3 Å². The highest BCUT2D eigenvalue weighted by Gasteiger charge is 2.43. The minimum absolute atomic E-state index is 0.00539. The summed E-state index contributed by atoms with van der Waals surface area (Å²) >= 11 is 9.40. The third kappa shape index (κ3) is 3.13. The number of halogens is 2. The van der Waals surface area contributed by atoms with Crippen molar-refractivity contribution in [1.29, 1.82) is 0 Å². The molecule has 1 aliphatic carbocycles. The van der Waals surface area contributed by atoms with Gasteiger partial charge in [0, 0.05) is 34.1 Å². The molecule has 2 atom stereocenters. The summed E-state index contributed by atoms with van der Waals surface area (Å²) in [6.07, 6.45) is 4.83. The van der Waals surface area contributed by atoms with E-state index in [1.54, 1.807) is 18.2 Å². The second-order valence-electron chi connectivity index (χ2n) is 6.21.